The molecule has 3 aromatic carbocycles. The van der Waals surface area contributed by atoms with E-state index in [1.165, 1.54) is 19.3 Å². The zero-order valence-electron chi connectivity index (χ0n) is 20.0. The van der Waals surface area contributed by atoms with Crippen LogP contribution in [0.4, 0.5) is 5.95 Å². The molecule has 4 aromatic rings. The number of rotatable bonds is 7. The number of benzene rings is 3. The van der Waals surface area contributed by atoms with Gasteiger partial charge in [-0.3, -0.25) is 0 Å². The van der Waals surface area contributed by atoms with E-state index in [-0.39, 0.29) is 12.0 Å². The van der Waals surface area contributed by atoms with Crippen LogP contribution in [0.25, 0.3) is 11.0 Å². The summed E-state index contributed by atoms with van der Waals surface area (Å²) in [6.45, 7) is 2.17. The van der Waals surface area contributed by atoms with E-state index in [0.29, 0.717) is 24.0 Å². The van der Waals surface area contributed by atoms with E-state index in [2.05, 4.69) is 15.6 Å². The summed E-state index contributed by atoms with van der Waals surface area (Å²) in [5.41, 5.74) is 9.92. The number of imidazole rings is 1. The molecule has 2 N–H and O–H groups in total. The third-order valence-electron chi connectivity index (χ3n) is 6.78. The Morgan fingerprint density at radius 1 is 1.00 bits per heavy atom. The van der Waals surface area contributed by atoms with Gasteiger partial charge in [-0.25, -0.2) is 9.78 Å². The Hall–Kier alpha value is -3.80. The van der Waals surface area contributed by atoms with Crippen molar-refractivity contribution in [3.8, 4) is 11.5 Å². The number of nitrogens with two attached hydrogens (primary N) is 1. The van der Waals surface area contributed by atoms with Crippen molar-refractivity contribution in [2.24, 2.45) is 5.92 Å². The highest BCUT2D eigenvalue weighted by Gasteiger charge is 2.30. The molecular formula is C29H31N3O3. The summed E-state index contributed by atoms with van der Waals surface area (Å²) >= 11 is 0. The zero-order chi connectivity index (χ0) is 24.2. The molecular weight excluding hydrogens is 438 g/mol. The van der Waals surface area contributed by atoms with Crippen molar-refractivity contribution in [1.82, 2.24) is 9.55 Å². The number of nitrogens with zero attached hydrogens (tertiary/aromatic N) is 2. The minimum absolute atomic E-state index is 0.0401. The molecule has 0 spiro atoms. The number of aromatic nitrogens is 2. The zero-order valence-corrected chi connectivity index (χ0v) is 20.0. The molecule has 180 valence electrons. The van der Waals surface area contributed by atoms with Crippen LogP contribution in [0.2, 0.25) is 0 Å². The van der Waals surface area contributed by atoms with Gasteiger partial charge in [-0.15, -0.1) is 0 Å². The Morgan fingerprint density at radius 3 is 2.57 bits per heavy atom. The SMILES string of the molecule is CCOC(=O)c1cccc(C(C2CCCCC2)n2c(N)nc3ccc(Oc4ccccc4)cc32)c1. The highest BCUT2D eigenvalue weighted by Crippen LogP contribution is 2.41. The highest BCUT2D eigenvalue weighted by molar-refractivity contribution is 5.89. The largest absolute Gasteiger partial charge is 0.462 e. The van der Waals surface area contributed by atoms with Crippen LogP contribution in [-0.4, -0.2) is 22.1 Å². The predicted octanol–water partition coefficient (Wildman–Crippen LogP) is 6.76. The number of ether oxygens (including phenoxy) is 2. The lowest BCUT2D eigenvalue weighted by molar-refractivity contribution is 0.0526. The normalized spacial score (nSPS) is 15.1. The molecule has 1 heterocycles. The summed E-state index contributed by atoms with van der Waals surface area (Å²) in [6, 6.07) is 23.3. The molecule has 35 heavy (non-hydrogen) atoms. The van der Waals surface area contributed by atoms with Crippen molar-refractivity contribution in [1.29, 1.82) is 0 Å². The number of carbonyl (C=O) groups excluding carboxylic acids is 1. The minimum Gasteiger partial charge on any atom is -0.462 e. The first-order valence-electron chi connectivity index (χ1n) is 12.4. The maximum absolute atomic E-state index is 12.5. The van der Waals surface area contributed by atoms with Gasteiger partial charge in [0.15, 0.2) is 0 Å². The Labute approximate surface area is 205 Å². The van der Waals surface area contributed by atoms with Crippen LogP contribution in [0.1, 0.15) is 61.0 Å². The van der Waals surface area contributed by atoms with Crippen molar-refractivity contribution in [2.75, 3.05) is 12.3 Å². The van der Waals surface area contributed by atoms with Crippen molar-refractivity contribution in [3.05, 3.63) is 83.9 Å². The molecule has 1 fully saturated rings. The smallest absolute Gasteiger partial charge is 0.338 e. The van der Waals surface area contributed by atoms with Gasteiger partial charge in [0.25, 0.3) is 0 Å². The van der Waals surface area contributed by atoms with Crippen LogP contribution in [-0.2, 0) is 4.74 Å². The lowest BCUT2D eigenvalue weighted by atomic mass is 9.80. The predicted molar refractivity (Wildman–Crippen MR) is 138 cm³/mol. The summed E-state index contributed by atoms with van der Waals surface area (Å²) < 4.78 is 13.5. The lowest BCUT2D eigenvalue weighted by Gasteiger charge is -2.33. The maximum atomic E-state index is 12.5. The number of anilines is 1. The maximum Gasteiger partial charge on any atom is 0.338 e. The van der Waals surface area contributed by atoms with Crippen LogP contribution < -0.4 is 10.5 Å². The van der Waals surface area contributed by atoms with Crippen molar-refractivity contribution >= 4 is 23.0 Å². The monoisotopic (exact) mass is 469 g/mol. The third kappa shape index (κ3) is 4.87. The summed E-state index contributed by atoms with van der Waals surface area (Å²) in [4.78, 5) is 17.2. The lowest BCUT2D eigenvalue weighted by Crippen LogP contribution is -2.24. The van der Waals surface area contributed by atoms with Gasteiger partial charge in [0, 0.05) is 6.07 Å². The minimum atomic E-state index is -0.307. The molecule has 6 nitrogen and oxygen atoms in total. The van der Waals surface area contributed by atoms with Crippen LogP contribution in [0.15, 0.2) is 72.8 Å². The second-order valence-corrected chi connectivity index (χ2v) is 9.09. The van der Waals surface area contributed by atoms with E-state index in [9.17, 15) is 4.79 Å². The summed E-state index contributed by atoms with van der Waals surface area (Å²) in [5, 5.41) is 0. The van der Waals surface area contributed by atoms with Crippen LogP contribution in [0.3, 0.4) is 0 Å². The second kappa shape index (κ2) is 10.2. The van der Waals surface area contributed by atoms with Crippen LogP contribution >= 0.6 is 0 Å². The number of fused-ring (bicyclic) bond motifs is 1. The number of hydrogen-bond acceptors (Lipinski definition) is 5. The summed E-state index contributed by atoms with van der Waals surface area (Å²) in [5.74, 6) is 2.05. The average Bonchev–Trinajstić information content (AvgIpc) is 3.21. The van der Waals surface area contributed by atoms with E-state index < -0.39 is 0 Å². The fourth-order valence-electron chi connectivity index (χ4n) is 5.22. The van der Waals surface area contributed by atoms with Gasteiger partial charge in [-0.2, -0.15) is 0 Å². The molecule has 1 aliphatic rings. The number of carbonyl (C=O) groups is 1. The van der Waals surface area contributed by atoms with Gasteiger partial charge < -0.3 is 19.8 Å². The van der Waals surface area contributed by atoms with E-state index in [1.807, 2.05) is 67.6 Å². The fourth-order valence-corrected chi connectivity index (χ4v) is 5.22. The molecule has 6 heteroatoms. The highest BCUT2D eigenvalue weighted by atomic mass is 16.5. The van der Waals surface area contributed by atoms with Crippen molar-refractivity contribution < 1.29 is 14.3 Å². The first-order chi connectivity index (χ1) is 17.1. The molecule has 5 rings (SSSR count). The van der Waals surface area contributed by atoms with Crippen LogP contribution in [0.5, 0.6) is 11.5 Å². The summed E-state index contributed by atoms with van der Waals surface area (Å²) in [6.07, 6.45) is 5.84. The molecule has 1 saturated carbocycles. The van der Waals surface area contributed by atoms with E-state index in [0.717, 1.165) is 40.9 Å². The molecule has 1 atom stereocenters. The molecule has 1 unspecified atom stereocenters. The van der Waals surface area contributed by atoms with Gasteiger partial charge in [-0.1, -0.05) is 49.6 Å². The molecule has 1 aromatic heterocycles. The number of para-hydroxylation sites is 1. The Bertz CT molecular complexity index is 1310. The van der Waals surface area contributed by atoms with E-state index >= 15 is 0 Å². The quantitative estimate of drug-likeness (QED) is 0.303. The number of esters is 1. The Kier molecular flexibility index (Phi) is 6.70. The Morgan fingerprint density at radius 2 is 1.80 bits per heavy atom. The third-order valence-corrected chi connectivity index (χ3v) is 6.78. The second-order valence-electron chi connectivity index (χ2n) is 9.09. The molecule has 0 saturated heterocycles. The number of hydrogen-bond donors (Lipinski definition) is 1. The van der Waals surface area contributed by atoms with Gasteiger partial charge in [0.2, 0.25) is 5.95 Å². The molecule has 1 aliphatic carbocycles. The van der Waals surface area contributed by atoms with Gasteiger partial charge in [-0.05, 0) is 67.6 Å². The standard InChI is InChI=1S/C29H31N3O3/c1-2-34-28(33)22-13-9-12-21(18-22)27(20-10-5-3-6-11-20)32-26-19-24(16-17-25(26)31-29(32)30)35-23-14-7-4-8-15-23/h4,7-9,12-20,27H,2-3,5-6,10-11H2,1H3,(H2,30,31). The molecule has 0 bridgehead atoms. The summed E-state index contributed by atoms with van der Waals surface area (Å²) in [7, 11) is 0. The molecule has 0 radical (unpaired) electrons. The van der Waals surface area contributed by atoms with Crippen molar-refractivity contribution in [2.45, 2.75) is 45.1 Å². The molecule has 0 amide bonds. The molecule has 0 aliphatic heterocycles. The Balaban J connectivity index is 1.61. The van der Waals surface area contributed by atoms with E-state index in [1.54, 1.807) is 6.07 Å². The van der Waals surface area contributed by atoms with Gasteiger partial charge in [0.1, 0.15) is 11.5 Å². The first kappa shape index (κ1) is 23.0. The van der Waals surface area contributed by atoms with Crippen molar-refractivity contribution in [3.63, 3.8) is 0 Å². The van der Waals surface area contributed by atoms with Gasteiger partial charge in [0.05, 0.1) is 29.2 Å². The fraction of sp³-hybridized carbons (Fsp3) is 0.310. The van der Waals surface area contributed by atoms with Crippen LogP contribution in [0, 0.1) is 5.92 Å². The first-order valence-corrected chi connectivity index (χ1v) is 12.4. The van der Waals surface area contributed by atoms with E-state index in [4.69, 9.17) is 15.2 Å². The topological polar surface area (TPSA) is 79.4 Å². The van der Waals surface area contributed by atoms with Gasteiger partial charge >= 0.3 is 5.97 Å². The average molecular weight is 470 g/mol. The number of nitrogen functional groups attached to an aromatic ring is 1.